The van der Waals surface area contributed by atoms with Gasteiger partial charge in [-0.05, 0) is 49.7 Å². The smallest absolute Gasteiger partial charge is 0.166 e. The molecule has 1 aromatic rings. The SMILES string of the molecule is CCC(C)NC(=S)NCCc1ccc(OC)cc1. The normalized spacial score (nSPS) is 11.7. The molecule has 0 heterocycles. The van der Waals surface area contributed by atoms with E-state index in [1.807, 2.05) is 12.1 Å². The highest BCUT2D eigenvalue weighted by atomic mass is 32.1. The van der Waals surface area contributed by atoms with Crippen molar-refractivity contribution in [2.75, 3.05) is 13.7 Å². The van der Waals surface area contributed by atoms with Crippen LogP contribution in [0.4, 0.5) is 0 Å². The van der Waals surface area contributed by atoms with Crippen LogP contribution >= 0.6 is 12.2 Å². The summed E-state index contributed by atoms with van der Waals surface area (Å²) in [7, 11) is 1.68. The molecule has 0 spiro atoms. The number of hydrogen-bond acceptors (Lipinski definition) is 2. The molecule has 0 saturated heterocycles. The second-order valence-corrected chi connectivity index (χ2v) is 4.72. The molecule has 100 valence electrons. The molecule has 4 heteroatoms. The maximum absolute atomic E-state index is 5.21. The maximum Gasteiger partial charge on any atom is 0.166 e. The van der Waals surface area contributed by atoms with E-state index in [1.165, 1.54) is 5.56 Å². The van der Waals surface area contributed by atoms with E-state index in [4.69, 9.17) is 17.0 Å². The van der Waals surface area contributed by atoms with E-state index in [0.717, 1.165) is 30.2 Å². The molecular weight excluding hydrogens is 244 g/mol. The highest BCUT2D eigenvalue weighted by molar-refractivity contribution is 7.80. The monoisotopic (exact) mass is 266 g/mol. The molecule has 1 aromatic carbocycles. The molecule has 2 N–H and O–H groups in total. The molecule has 1 rings (SSSR count). The van der Waals surface area contributed by atoms with Gasteiger partial charge in [-0.1, -0.05) is 19.1 Å². The van der Waals surface area contributed by atoms with E-state index < -0.39 is 0 Å². The van der Waals surface area contributed by atoms with Crippen LogP contribution in [-0.2, 0) is 6.42 Å². The number of methoxy groups -OCH3 is 1. The molecule has 0 amide bonds. The highest BCUT2D eigenvalue weighted by Gasteiger charge is 2.00. The summed E-state index contributed by atoms with van der Waals surface area (Å²) in [6.07, 6.45) is 2.02. The zero-order valence-corrected chi connectivity index (χ0v) is 12.1. The number of nitrogens with one attached hydrogen (secondary N) is 2. The topological polar surface area (TPSA) is 33.3 Å². The first-order valence-electron chi connectivity index (χ1n) is 6.33. The number of hydrogen-bond donors (Lipinski definition) is 2. The summed E-state index contributed by atoms with van der Waals surface area (Å²) < 4.78 is 5.12. The first-order chi connectivity index (χ1) is 8.65. The Kier molecular flexibility index (Phi) is 6.50. The average Bonchev–Trinajstić information content (AvgIpc) is 2.39. The van der Waals surface area contributed by atoms with Crippen molar-refractivity contribution in [1.29, 1.82) is 0 Å². The molecule has 18 heavy (non-hydrogen) atoms. The molecule has 0 aliphatic carbocycles. The zero-order chi connectivity index (χ0) is 13.4. The molecular formula is C14H22N2OS. The predicted molar refractivity (Wildman–Crippen MR) is 80.2 cm³/mol. The molecule has 3 nitrogen and oxygen atoms in total. The Bertz CT molecular complexity index is 365. The first kappa shape index (κ1) is 14.8. The van der Waals surface area contributed by atoms with Crippen LogP contribution in [-0.4, -0.2) is 24.8 Å². The summed E-state index contributed by atoms with van der Waals surface area (Å²) in [5.74, 6) is 0.890. The largest absolute Gasteiger partial charge is 0.497 e. The lowest BCUT2D eigenvalue weighted by molar-refractivity contribution is 0.414. The molecule has 0 fully saturated rings. The van der Waals surface area contributed by atoms with Gasteiger partial charge in [-0.25, -0.2) is 0 Å². The van der Waals surface area contributed by atoms with Gasteiger partial charge in [0.05, 0.1) is 7.11 Å². The van der Waals surface area contributed by atoms with E-state index in [9.17, 15) is 0 Å². The molecule has 0 bridgehead atoms. The Morgan fingerprint density at radius 2 is 2.00 bits per heavy atom. The zero-order valence-electron chi connectivity index (χ0n) is 11.3. The Morgan fingerprint density at radius 1 is 1.33 bits per heavy atom. The van der Waals surface area contributed by atoms with E-state index in [2.05, 4.69) is 36.6 Å². The number of benzene rings is 1. The molecule has 0 radical (unpaired) electrons. The first-order valence-corrected chi connectivity index (χ1v) is 6.73. The van der Waals surface area contributed by atoms with E-state index in [-0.39, 0.29) is 0 Å². The minimum atomic E-state index is 0.422. The lowest BCUT2D eigenvalue weighted by atomic mass is 10.1. The van der Waals surface area contributed by atoms with Crippen LogP contribution in [0.25, 0.3) is 0 Å². The van der Waals surface area contributed by atoms with Crippen molar-refractivity contribution in [3.8, 4) is 5.75 Å². The summed E-state index contributed by atoms with van der Waals surface area (Å²) in [4.78, 5) is 0. The van der Waals surface area contributed by atoms with Crippen molar-refractivity contribution in [2.45, 2.75) is 32.7 Å². The molecule has 0 aliphatic heterocycles. The van der Waals surface area contributed by atoms with Crippen LogP contribution < -0.4 is 15.4 Å². The van der Waals surface area contributed by atoms with Crippen LogP contribution in [0.2, 0.25) is 0 Å². The fourth-order valence-corrected chi connectivity index (χ4v) is 1.79. The maximum atomic E-state index is 5.21. The van der Waals surface area contributed by atoms with Gasteiger partial charge in [0, 0.05) is 12.6 Å². The van der Waals surface area contributed by atoms with Crippen molar-refractivity contribution in [3.05, 3.63) is 29.8 Å². The molecule has 0 aromatic heterocycles. The van der Waals surface area contributed by atoms with Crippen LogP contribution in [0.1, 0.15) is 25.8 Å². The van der Waals surface area contributed by atoms with Crippen LogP contribution in [0.5, 0.6) is 5.75 Å². The van der Waals surface area contributed by atoms with Crippen molar-refractivity contribution >= 4 is 17.3 Å². The van der Waals surface area contributed by atoms with Crippen LogP contribution in [0, 0.1) is 0 Å². The van der Waals surface area contributed by atoms with E-state index in [1.54, 1.807) is 7.11 Å². The Labute approximate surface area is 115 Å². The summed E-state index contributed by atoms with van der Waals surface area (Å²) >= 11 is 5.21. The average molecular weight is 266 g/mol. The van der Waals surface area contributed by atoms with Crippen molar-refractivity contribution in [3.63, 3.8) is 0 Å². The van der Waals surface area contributed by atoms with Gasteiger partial charge in [-0.15, -0.1) is 0 Å². The summed E-state index contributed by atoms with van der Waals surface area (Å²) in [6.45, 7) is 5.10. The minimum absolute atomic E-state index is 0.422. The highest BCUT2D eigenvalue weighted by Crippen LogP contribution is 2.11. The van der Waals surface area contributed by atoms with Crippen LogP contribution in [0.3, 0.4) is 0 Å². The van der Waals surface area contributed by atoms with Crippen molar-refractivity contribution in [2.24, 2.45) is 0 Å². The second kappa shape index (κ2) is 7.93. The van der Waals surface area contributed by atoms with Gasteiger partial charge in [0.1, 0.15) is 5.75 Å². The van der Waals surface area contributed by atoms with Crippen molar-refractivity contribution in [1.82, 2.24) is 10.6 Å². The Balaban J connectivity index is 2.26. The standard InChI is InChI=1S/C14H22N2OS/c1-4-11(2)16-14(18)15-10-9-12-5-7-13(17-3)8-6-12/h5-8,11H,4,9-10H2,1-3H3,(H2,15,16,18). The van der Waals surface area contributed by atoms with Gasteiger partial charge in [0.25, 0.3) is 0 Å². The third kappa shape index (κ3) is 5.36. The van der Waals surface area contributed by atoms with Gasteiger partial charge in [-0.3, -0.25) is 0 Å². The summed E-state index contributed by atoms with van der Waals surface area (Å²) in [5, 5.41) is 7.18. The van der Waals surface area contributed by atoms with E-state index >= 15 is 0 Å². The van der Waals surface area contributed by atoms with E-state index in [0.29, 0.717) is 6.04 Å². The lowest BCUT2D eigenvalue weighted by Crippen LogP contribution is -2.40. The van der Waals surface area contributed by atoms with Gasteiger partial charge >= 0.3 is 0 Å². The predicted octanol–water partition coefficient (Wildman–Crippen LogP) is 2.50. The third-order valence-corrected chi connectivity index (χ3v) is 3.11. The number of rotatable bonds is 6. The second-order valence-electron chi connectivity index (χ2n) is 4.31. The Morgan fingerprint density at radius 3 is 2.56 bits per heavy atom. The van der Waals surface area contributed by atoms with Crippen LogP contribution in [0.15, 0.2) is 24.3 Å². The fraction of sp³-hybridized carbons (Fsp3) is 0.500. The number of ether oxygens (including phenoxy) is 1. The lowest BCUT2D eigenvalue weighted by Gasteiger charge is -2.15. The molecule has 1 atom stereocenters. The van der Waals surface area contributed by atoms with Crippen molar-refractivity contribution < 1.29 is 4.74 Å². The van der Waals surface area contributed by atoms with Gasteiger partial charge in [0.2, 0.25) is 0 Å². The van der Waals surface area contributed by atoms with Gasteiger partial charge in [0.15, 0.2) is 5.11 Å². The quantitative estimate of drug-likeness (QED) is 0.775. The molecule has 1 unspecified atom stereocenters. The summed E-state index contributed by atoms with van der Waals surface area (Å²) in [6, 6.07) is 8.53. The number of thiocarbonyl (C=S) groups is 1. The third-order valence-electron chi connectivity index (χ3n) is 2.85. The molecule has 0 saturated carbocycles. The van der Waals surface area contributed by atoms with Gasteiger partial charge in [-0.2, -0.15) is 0 Å². The van der Waals surface area contributed by atoms with Gasteiger partial charge < -0.3 is 15.4 Å². The minimum Gasteiger partial charge on any atom is -0.497 e. The summed E-state index contributed by atoms with van der Waals surface area (Å²) in [5.41, 5.74) is 1.27. The fourth-order valence-electron chi connectivity index (χ4n) is 1.49. The Hall–Kier alpha value is -1.29. The molecule has 0 aliphatic rings.